The van der Waals surface area contributed by atoms with Crippen LogP contribution in [0.2, 0.25) is 0 Å². The van der Waals surface area contributed by atoms with Gasteiger partial charge >= 0.3 is 0 Å². The third-order valence-corrected chi connectivity index (χ3v) is 1.95. The van der Waals surface area contributed by atoms with E-state index in [1.54, 1.807) is 0 Å². The van der Waals surface area contributed by atoms with Crippen LogP contribution in [0, 0.1) is 0 Å². The molecule has 0 aromatic heterocycles. The number of nitrogen functional groups attached to an aromatic ring is 1. The number of benzene rings is 1. The first-order chi connectivity index (χ1) is 4.20. The minimum absolute atomic E-state index is 0. The zero-order valence-electron chi connectivity index (χ0n) is 6.68. The van der Waals surface area contributed by atoms with Gasteiger partial charge in [-0.25, -0.2) is 0 Å². The van der Waals surface area contributed by atoms with Crippen LogP contribution in [0.15, 0.2) is 27.6 Å². The van der Waals surface area contributed by atoms with Crippen molar-refractivity contribution < 1.29 is 23.5 Å². The van der Waals surface area contributed by atoms with Gasteiger partial charge in [0.05, 0.1) is 0 Å². The molecule has 0 aliphatic heterocycles. The van der Waals surface area contributed by atoms with Crippen molar-refractivity contribution >= 4 is 34.2 Å². The maximum Gasteiger partial charge on any atom is 0.0459 e. The standard InChI is InChI=1S/C6H6BrNS.5FH/c7-5-3-4(9)1-2-6(5)8;;;;;/h1-3,9H,8H2;5*1H. The first-order valence-corrected chi connectivity index (χ1v) is 3.68. The lowest BCUT2D eigenvalue weighted by molar-refractivity contribution is 1.11. The maximum atomic E-state index is 5.51. The zero-order chi connectivity index (χ0) is 6.85. The van der Waals surface area contributed by atoms with Gasteiger partial charge in [0.1, 0.15) is 0 Å². The van der Waals surface area contributed by atoms with Crippen molar-refractivity contribution in [2.45, 2.75) is 4.90 Å². The van der Waals surface area contributed by atoms with E-state index in [1.165, 1.54) is 0 Å². The SMILES string of the molecule is F.F.F.F.F.Nc1ccc(S)cc1Br. The Bertz CT molecular complexity index is 237. The van der Waals surface area contributed by atoms with Crippen molar-refractivity contribution in [2.75, 3.05) is 5.73 Å². The molecule has 0 spiro atoms. The highest BCUT2D eigenvalue weighted by Gasteiger charge is 1.92. The molecule has 1 aromatic carbocycles. The second kappa shape index (κ2) is 12.5. The Morgan fingerprint density at radius 1 is 1.00 bits per heavy atom. The second-order valence-corrected chi connectivity index (χ2v) is 3.08. The molecule has 0 saturated heterocycles. The van der Waals surface area contributed by atoms with Crippen molar-refractivity contribution in [1.29, 1.82) is 0 Å². The quantitative estimate of drug-likeness (QED) is 0.430. The van der Waals surface area contributed by atoms with Gasteiger partial charge in [0.2, 0.25) is 0 Å². The lowest BCUT2D eigenvalue weighted by Crippen LogP contribution is -1.84. The summed E-state index contributed by atoms with van der Waals surface area (Å²) in [5, 5.41) is 0. The number of rotatable bonds is 0. The summed E-state index contributed by atoms with van der Waals surface area (Å²) >= 11 is 7.39. The van der Waals surface area contributed by atoms with Crippen molar-refractivity contribution in [1.82, 2.24) is 0 Å². The second-order valence-electron chi connectivity index (χ2n) is 1.71. The third kappa shape index (κ3) is 8.11. The van der Waals surface area contributed by atoms with E-state index in [0.29, 0.717) is 0 Å². The fourth-order valence-electron chi connectivity index (χ4n) is 0.516. The Kier molecular flexibility index (Phi) is 26.1. The number of hydrogen-bond donors (Lipinski definition) is 2. The Morgan fingerprint density at radius 3 is 1.71 bits per heavy atom. The number of thiol groups is 1. The highest BCUT2D eigenvalue weighted by molar-refractivity contribution is 9.10. The first kappa shape index (κ1) is 29.2. The van der Waals surface area contributed by atoms with E-state index in [9.17, 15) is 0 Å². The van der Waals surface area contributed by atoms with Crippen LogP contribution in [0.5, 0.6) is 0 Å². The number of halogens is 6. The highest BCUT2D eigenvalue weighted by Crippen LogP contribution is 2.21. The molecule has 0 radical (unpaired) electrons. The molecule has 0 bridgehead atoms. The topological polar surface area (TPSA) is 26.0 Å². The van der Waals surface area contributed by atoms with Crippen LogP contribution in [-0.4, -0.2) is 0 Å². The molecule has 88 valence electrons. The first-order valence-electron chi connectivity index (χ1n) is 2.44. The van der Waals surface area contributed by atoms with Crippen LogP contribution in [0.25, 0.3) is 0 Å². The molecule has 0 amide bonds. The smallest absolute Gasteiger partial charge is 0.0459 e. The number of nitrogens with two attached hydrogens (primary N) is 1. The minimum atomic E-state index is 0. The molecule has 0 saturated carbocycles. The molecule has 2 N–H and O–H groups in total. The molecular formula is C6H11BrF5NS. The summed E-state index contributed by atoms with van der Waals surface area (Å²) in [7, 11) is 0. The van der Waals surface area contributed by atoms with Gasteiger partial charge in [0, 0.05) is 15.1 Å². The molecule has 0 unspecified atom stereocenters. The molecule has 8 heteroatoms. The fourth-order valence-corrected chi connectivity index (χ4v) is 1.28. The van der Waals surface area contributed by atoms with Gasteiger partial charge in [-0.1, -0.05) is 0 Å². The molecule has 0 fully saturated rings. The lowest BCUT2D eigenvalue weighted by atomic mass is 10.3. The van der Waals surface area contributed by atoms with E-state index in [2.05, 4.69) is 28.6 Å². The van der Waals surface area contributed by atoms with Crippen LogP contribution in [0.1, 0.15) is 0 Å². The summed E-state index contributed by atoms with van der Waals surface area (Å²) in [6.07, 6.45) is 0. The van der Waals surface area contributed by atoms with Gasteiger partial charge in [0.15, 0.2) is 0 Å². The number of hydrogen-bond acceptors (Lipinski definition) is 2. The summed E-state index contributed by atoms with van der Waals surface area (Å²) in [4.78, 5) is 0.913. The molecule has 0 aliphatic rings. The predicted octanol–water partition coefficient (Wildman–Crippen LogP) is 3.08. The van der Waals surface area contributed by atoms with Crippen molar-refractivity contribution in [2.24, 2.45) is 0 Å². The van der Waals surface area contributed by atoms with Crippen molar-refractivity contribution in [3.05, 3.63) is 22.7 Å². The van der Waals surface area contributed by atoms with E-state index in [4.69, 9.17) is 5.73 Å². The Labute approximate surface area is 91.4 Å². The van der Waals surface area contributed by atoms with Gasteiger partial charge in [-0.3, -0.25) is 23.5 Å². The van der Waals surface area contributed by atoms with Crippen molar-refractivity contribution in [3.8, 4) is 0 Å². The minimum Gasteiger partial charge on any atom is -0.398 e. The van der Waals surface area contributed by atoms with Crippen molar-refractivity contribution in [3.63, 3.8) is 0 Å². The fraction of sp³-hybridized carbons (Fsp3) is 0. The molecule has 0 atom stereocenters. The monoisotopic (exact) mass is 303 g/mol. The van der Waals surface area contributed by atoms with Crippen LogP contribution in [0.3, 0.4) is 0 Å². The molecule has 0 aliphatic carbocycles. The van der Waals surface area contributed by atoms with Crippen LogP contribution >= 0.6 is 28.6 Å². The van der Waals surface area contributed by atoms with E-state index < -0.39 is 0 Å². The van der Waals surface area contributed by atoms with Crippen LogP contribution in [-0.2, 0) is 0 Å². The van der Waals surface area contributed by atoms with Gasteiger partial charge in [-0.05, 0) is 34.1 Å². The number of anilines is 1. The maximum absolute atomic E-state index is 5.51. The third-order valence-electron chi connectivity index (χ3n) is 0.984. The summed E-state index contributed by atoms with van der Waals surface area (Å²) in [5.41, 5.74) is 6.25. The molecule has 1 nitrogen and oxygen atoms in total. The normalized spacial score (nSPS) is 6.14. The molecule has 14 heavy (non-hydrogen) atoms. The van der Waals surface area contributed by atoms with E-state index >= 15 is 0 Å². The van der Waals surface area contributed by atoms with E-state index in [1.807, 2.05) is 18.2 Å². The Balaban J connectivity index is -0.0000000540. The van der Waals surface area contributed by atoms with E-state index in [-0.39, 0.29) is 23.5 Å². The largest absolute Gasteiger partial charge is 0.398 e. The van der Waals surface area contributed by atoms with Gasteiger partial charge in [0.25, 0.3) is 0 Å². The predicted molar refractivity (Wildman–Crippen MR) is 58.3 cm³/mol. The zero-order valence-corrected chi connectivity index (χ0v) is 9.16. The summed E-state index contributed by atoms with van der Waals surface area (Å²) in [5.74, 6) is 0. The average Bonchev–Trinajstić information content (AvgIpc) is 1.80. The highest BCUT2D eigenvalue weighted by atomic mass is 79.9. The molecular weight excluding hydrogens is 293 g/mol. The molecule has 0 heterocycles. The van der Waals surface area contributed by atoms with E-state index in [0.717, 1.165) is 15.1 Å². The van der Waals surface area contributed by atoms with Gasteiger partial charge in [-0.2, -0.15) is 0 Å². The molecule has 1 rings (SSSR count). The summed E-state index contributed by atoms with van der Waals surface area (Å²) < 4.78 is 0.898. The van der Waals surface area contributed by atoms with Crippen LogP contribution in [0.4, 0.5) is 29.2 Å². The van der Waals surface area contributed by atoms with Crippen LogP contribution < -0.4 is 5.73 Å². The summed E-state index contributed by atoms with van der Waals surface area (Å²) in [6, 6.07) is 5.52. The average molecular weight is 304 g/mol. The van der Waals surface area contributed by atoms with Gasteiger partial charge < -0.3 is 5.73 Å². The molecule has 1 aromatic rings. The Hall–Kier alpha value is -0.500. The summed E-state index contributed by atoms with van der Waals surface area (Å²) in [6.45, 7) is 0. The Morgan fingerprint density at radius 2 is 1.43 bits per heavy atom. The lowest BCUT2D eigenvalue weighted by Gasteiger charge is -1.96. The van der Waals surface area contributed by atoms with Gasteiger partial charge in [-0.15, -0.1) is 12.6 Å².